The molecule has 2 rings (SSSR count). The van der Waals surface area contributed by atoms with Crippen molar-refractivity contribution >= 4 is 23.4 Å². The fourth-order valence-corrected chi connectivity index (χ4v) is 1.83. The average molecular weight is 285 g/mol. The van der Waals surface area contributed by atoms with Gasteiger partial charge in [0, 0.05) is 26.0 Å². The van der Waals surface area contributed by atoms with E-state index in [1.54, 1.807) is 0 Å². The first-order chi connectivity index (χ1) is 9.16. The summed E-state index contributed by atoms with van der Waals surface area (Å²) in [6, 6.07) is 1.39. The van der Waals surface area contributed by atoms with Crippen LogP contribution in [0, 0.1) is 5.92 Å². The SMILES string of the molecule is O=C(O)c1cnc(NCCCOCC2CC2)c(Cl)c1. The number of nitrogens with one attached hydrogen (secondary N) is 1. The van der Waals surface area contributed by atoms with Crippen molar-refractivity contribution in [3.63, 3.8) is 0 Å². The molecule has 19 heavy (non-hydrogen) atoms. The molecule has 1 heterocycles. The Balaban J connectivity index is 1.68. The second kappa shape index (κ2) is 6.73. The molecule has 0 amide bonds. The van der Waals surface area contributed by atoms with Crippen molar-refractivity contribution in [3.8, 4) is 0 Å². The highest BCUT2D eigenvalue weighted by atomic mass is 35.5. The van der Waals surface area contributed by atoms with E-state index in [0.29, 0.717) is 24.0 Å². The van der Waals surface area contributed by atoms with E-state index >= 15 is 0 Å². The molecule has 1 saturated carbocycles. The maximum Gasteiger partial charge on any atom is 0.337 e. The van der Waals surface area contributed by atoms with Gasteiger partial charge in [0.15, 0.2) is 0 Å². The molecule has 0 unspecified atom stereocenters. The van der Waals surface area contributed by atoms with E-state index in [1.807, 2.05) is 0 Å². The van der Waals surface area contributed by atoms with E-state index in [9.17, 15) is 4.79 Å². The molecule has 5 nitrogen and oxygen atoms in total. The maximum absolute atomic E-state index is 10.7. The Hall–Kier alpha value is -1.33. The molecule has 2 N–H and O–H groups in total. The molecule has 0 saturated heterocycles. The van der Waals surface area contributed by atoms with E-state index in [1.165, 1.54) is 25.1 Å². The monoisotopic (exact) mass is 284 g/mol. The van der Waals surface area contributed by atoms with Crippen molar-refractivity contribution < 1.29 is 14.6 Å². The molecule has 104 valence electrons. The van der Waals surface area contributed by atoms with Gasteiger partial charge < -0.3 is 15.2 Å². The van der Waals surface area contributed by atoms with Crippen LogP contribution in [0.25, 0.3) is 0 Å². The van der Waals surface area contributed by atoms with Crippen molar-refractivity contribution in [2.24, 2.45) is 5.92 Å². The highest BCUT2D eigenvalue weighted by Gasteiger charge is 2.20. The van der Waals surface area contributed by atoms with Crippen LogP contribution in [0.4, 0.5) is 5.82 Å². The van der Waals surface area contributed by atoms with Gasteiger partial charge in [-0.2, -0.15) is 0 Å². The zero-order valence-electron chi connectivity index (χ0n) is 10.6. The number of anilines is 1. The van der Waals surface area contributed by atoms with Gasteiger partial charge in [0.05, 0.1) is 10.6 Å². The number of halogens is 1. The molecule has 0 bridgehead atoms. The predicted molar refractivity (Wildman–Crippen MR) is 72.9 cm³/mol. The number of ether oxygens (including phenoxy) is 1. The van der Waals surface area contributed by atoms with Crippen LogP contribution in [0.3, 0.4) is 0 Å². The summed E-state index contributed by atoms with van der Waals surface area (Å²) in [6.07, 6.45) is 4.76. The van der Waals surface area contributed by atoms with E-state index < -0.39 is 5.97 Å². The lowest BCUT2D eigenvalue weighted by Gasteiger charge is -2.08. The van der Waals surface area contributed by atoms with Gasteiger partial charge in [-0.1, -0.05) is 11.6 Å². The highest BCUT2D eigenvalue weighted by molar-refractivity contribution is 6.33. The molecule has 1 aromatic heterocycles. The van der Waals surface area contributed by atoms with Crippen molar-refractivity contribution in [2.75, 3.05) is 25.1 Å². The van der Waals surface area contributed by atoms with Crippen LogP contribution in [-0.2, 0) is 4.74 Å². The molecular formula is C13H17ClN2O3. The summed E-state index contributed by atoms with van der Waals surface area (Å²) in [5.41, 5.74) is 0.0864. The summed E-state index contributed by atoms with van der Waals surface area (Å²) >= 11 is 5.94. The summed E-state index contributed by atoms with van der Waals surface area (Å²) < 4.78 is 5.51. The number of carboxylic acids is 1. The molecule has 0 atom stereocenters. The van der Waals surface area contributed by atoms with Crippen LogP contribution in [0.1, 0.15) is 29.6 Å². The summed E-state index contributed by atoms with van der Waals surface area (Å²) in [5.74, 6) is 0.260. The second-order valence-corrected chi connectivity index (χ2v) is 5.07. The van der Waals surface area contributed by atoms with Crippen LogP contribution >= 0.6 is 11.6 Å². The number of carboxylic acid groups (broad SMARTS) is 1. The van der Waals surface area contributed by atoms with Gasteiger partial charge in [0.1, 0.15) is 5.82 Å². The minimum Gasteiger partial charge on any atom is -0.478 e. The fraction of sp³-hybridized carbons (Fsp3) is 0.538. The fourth-order valence-electron chi connectivity index (χ4n) is 1.60. The average Bonchev–Trinajstić information content (AvgIpc) is 3.19. The molecule has 1 fully saturated rings. The zero-order valence-corrected chi connectivity index (χ0v) is 11.3. The molecule has 0 radical (unpaired) electrons. The van der Waals surface area contributed by atoms with E-state index in [2.05, 4.69) is 10.3 Å². The third kappa shape index (κ3) is 4.69. The van der Waals surface area contributed by atoms with E-state index in [0.717, 1.165) is 18.9 Å². The Labute approximate surface area is 116 Å². The number of nitrogens with zero attached hydrogens (tertiary/aromatic N) is 1. The Morgan fingerprint density at radius 3 is 3.00 bits per heavy atom. The largest absolute Gasteiger partial charge is 0.478 e. The van der Waals surface area contributed by atoms with Crippen molar-refractivity contribution in [1.29, 1.82) is 0 Å². The van der Waals surface area contributed by atoms with Gasteiger partial charge >= 0.3 is 5.97 Å². The first-order valence-electron chi connectivity index (χ1n) is 6.37. The van der Waals surface area contributed by atoms with E-state index in [-0.39, 0.29) is 5.56 Å². The molecule has 1 aliphatic rings. The van der Waals surface area contributed by atoms with Crippen LogP contribution in [0.5, 0.6) is 0 Å². The predicted octanol–water partition coefficient (Wildman–Crippen LogP) is 2.66. The van der Waals surface area contributed by atoms with Gasteiger partial charge in [0.2, 0.25) is 0 Å². The van der Waals surface area contributed by atoms with Gasteiger partial charge in [-0.15, -0.1) is 0 Å². The van der Waals surface area contributed by atoms with Crippen molar-refractivity contribution in [3.05, 3.63) is 22.8 Å². The Morgan fingerprint density at radius 1 is 1.58 bits per heavy atom. The Bertz CT molecular complexity index is 450. The topological polar surface area (TPSA) is 71.5 Å². The summed E-state index contributed by atoms with van der Waals surface area (Å²) in [7, 11) is 0. The van der Waals surface area contributed by atoms with Crippen LogP contribution in [0.15, 0.2) is 12.3 Å². The summed E-state index contributed by atoms with van der Waals surface area (Å²) in [6.45, 7) is 2.28. The van der Waals surface area contributed by atoms with Gasteiger partial charge in [-0.05, 0) is 31.2 Å². The Kier molecular flexibility index (Phi) is 4.99. The summed E-state index contributed by atoms with van der Waals surface area (Å²) in [5, 5.41) is 12.2. The first-order valence-corrected chi connectivity index (χ1v) is 6.75. The molecule has 6 heteroatoms. The quantitative estimate of drug-likeness (QED) is 0.718. The van der Waals surface area contributed by atoms with Gasteiger partial charge in [-0.25, -0.2) is 9.78 Å². The van der Waals surface area contributed by atoms with Crippen molar-refractivity contribution in [2.45, 2.75) is 19.3 Å². The molecule has 0 aromatic carbocycles. The molecular weight excluding hydrogens is 268 g/mol. The highest BCUT2D eigenvalue weighted by Crippen LogP contribution is 2.28. The molecule has 1 aromatic rings. The zero-order chi connectivity index (χ0) is 13.7. The number of pyridine rings is 1. The van der Waals surface area contributed by atoms with Crippen LogP contribution < -0.4 is 5.32 Å². The minimum absolute atomic E-state index is 0.0864. The lowest BCUT2D eigenvalue weighted by Crippen LogP contribution is -2.09. The van der Waals surface area contributed by atoms with Crippen molar-refractivity contribution in [1.82, 2.24) is 4.98 Å². The van der Waals surface area contributed by atoms with Gasteiger partial charge in [-0.3, -0.25) is 0 Å². The number of rotatable bonds is 8. The molecule has 1 aliphatic carbocycles. The third-order valence-electron chi connectivity index (χ3n) is 2.90. The maximum atomic E-state index is 10.7. The minimum atomic E-state index is -1.03. The number of hydrogen-bond acceptors (Lipinski definition) is 4. The number of aromatic nitrogens is 1. The summed E-state index contributed by atoms with van der Waals surface area (Å²) in [4.78, 5) is 14.7. The van der Waals surface area contributed by atoms with E-state index in [4.69, 9.17) is 21.4 Å². The smallest absolute Gasteiger partial charge is 0.337 e. The normalized spacial score (nSPS) is 14.4. The lowest BCUT2D eigenvalue weighted by molar-refractivity contribution is 0.0696. The number of carbonyl (C=O) groups is 1. The third-order valence-corrected chi connectivity index (χ3v) is 3.18. The van der Waals surface area contributed by atoms with Gasteiger partial charge in [0.25, 0.3) is 0 Å². The number of hydrogen-bond donors (Lipinski definition) is 2. The Morgan fingerprint density at radius 2 is 2.37 bits per heavy atom. The van der Waals surface area contributed by atoms with Crippen LogP contribution in [0.2, 0.25) is 5.02 Å². The molecule has 0 aliphatic heterocycles. The lowest BCUT2D eigenvalue weighted by atomic mass is 10.3. The number of aromatic carboxylic acids is 1. The second-order valence-electron chi connectivity index (χ2n) is 4.66. The first kappa shape index (κ1) is 14.1. The van der Waals surface area contributed by atoms with Crippen LogP contribution in [-0.4, -0.2) is 35.8 Å². The molecule has 0 spiro atoms. The standard InChI is InChI=1S/C13H17ClN2O3/c14-11-6-10(13(17)18)7-16-12(11)15-4-1-5-19-8-9-2-3-9/h6-7,9H,1-5,8H2,(H,15,16)(H,17,18).